The van der Waals surface area contributed by atoms with E-state index in [1.165, 1.54) is 23.5 Å². The highest BCUT2D eigenvalue weighted by Crippen LogP contribution is 2.29. The first-order valence-electron chi connectivity index (χ1n) is 9.57. The van der Waals surface area contributed by atoms with Crippen LogP contribution in [0.25, 0.3) is 0 Å². The van der Waals surface area contributed by atoms with Crippen molar-refractivity contribution in [3.63, 3.8) is 0 Å². The molecule has 7 nitrogen and oxygen atoms in total. The van der Waals surface area contributed by atoms with Crippen LogP contribution in [0.5, 0.6) is 0 Å². The van der Waals surface area contributed by atoms with Crippen molar-refractivity contribution in [1.82, 2.24) is 15.6 Å². The fraction of sp³-hybridized carbons (Fsp3) is 0.450. The van der Waals surface area contributed by atoms with Gasteiger partial charge in [-0.3, -0.25) is 9.59 Å². The molecule has 3 rings (SSSR count). The molecule has 2 atom stereocenters. The number of aryl methyl sites for hydroxylation is 2. The van der Waals surface area contributed by atoms with Gasteiger partial charge in [-0.05, 0) is 50.9 Å². The standard InChI is InChI=1S/C20H25FN4O3S.ClH/c1-11-6-7-14(13(21)9-11)24-18(27)19(28)25-17(15-5-3-4-8-22-15)20-23-12(2)16(10-26)29-20;/h6-7,9,15,17,22,26H,3-5,8,10H2,1-2H3,(H,24,27)(H,25,28);1H. The first kappa shape index (κ1) is 24.2. The molecule has 2 unspecified atom stereocenters. The SMILES string of the molecule is Cc1ccc(NC(=O)C(=O)NC(c2nc(C)c(CO)s2)C2CCCCN2)c(F)c1.Cl. The molecule has 30 heavy (non-hydrogen) atoms. The number of amides is 2. The minimum absolute atomic E-state index is 0. The molecule has 1 saturated heterocycles. The molecule has 2 heterocycles. The van der Waals surface area contributed by atoms with Gasteiger partial charge in [0.05, 0.1) is 28.9 Å². The molecule has 0 bridgehead atoms. The molecule has 10 heteroatoms. The zero-order valence-electron chi connectivity index (χ0n) is 16.8. The van der Waals surface area contributed by atoms with E-state index in [-0.39, 0.29) is 30.7 Å². The Morgan fingerprint density at radius 3 is 2.70 bits per heavy atom. The number of aromatic nitrogens is 1. The van der Waals surface area contributed by atoms with Crippen molar-refractivity contribution in [3.05, 3.63) is 45.2 Å². The number of hydrogen-bond donors (Lipinski definition) is 4. The normalized spacial score (nSPS) is 17.0. The van der Waals surface area contributed by atoms with Gasteiger partial charge in [0.25, 0.3) is 0 Å². The number of anilines is 1. The lowest BCUT2D eigenvalue weighted by Gasteiger charge is -2.30. The van der Waals surface area contributed by atoms with Gasteiger partial charge in [0.15, 0.2) is 0 Å². The summed E-state index contributed by atoms with van der Waals surface area (Å²) in [6.45, 7) is 4.22. The van der Waals surface area contributed by atoms with Crippen LogP contribution >= 0.6 is 23.7 Å². The average Bonchev–Trinajstić information content (AvgIpc) is 3.09. The van der Waals surface area contributed by atoms with Crippen LogP contribution in [0.4, 0.5) is 10.1 Å². The quantitative estimate of drug-likeness (QED) is 0.518. The number of carbonyl (C=O) groups excluding carboxylic acids is 2. The predicted molar refractivity (Wildman–Crippen MR) is 116 cm³/mol. The summed E-state index contributed by atoms with van der Waals surface area (Å²) in [5.41, 5.74) is 1.37. The Morgan fingerprint density at radius 1 is 1.33 bits per heavy atom. The summed E-state index contributed by atoms with van der Waals surface area (Å²) in [5.74, 6) is -2.40. The second kappa shape index (κ2) is 10.8. The van der Waals surface area contributed by atoms with Gasteiger partial charge in [-0.15, -0.1) is 23.7 Å². The fourth-order valence-electron chi connectivity index (χ4n) is 3.34. The minimum Gasteiger partial charge on any atom is -0.391 e. The molecule has 0 spiro atoms. The number of nitrogens with one attached hydrogen (secondary N) is 3. The van der Waals surface area contributed by atoms with E-state index in [1.807, 2.05) is 0 Å². The number of halogens is 2. The molecule has 4 N–H and O–H groups in total. The van der Waals surface area contributed by atoms with Crippen LogP contribution in [-0.4, -0.2) is 34.5 Å². The van der Waals surface area contributed by atoms with Crippen molar-refractivity contribution >= 4 is 41.2 Å². The van der Waals surface area contributed by atoms with Gasteiger partial charge in [0, 0.05) is 6.04 Å². The summed E-state index contributed by atoms with van der Waals surface area (Å²) in [7, 11) is 0. The van der Waals surface area contributed by atoms with E-state index in [0.29, 0.717) is 16.3 Å². The van der Waals surface area contributed by atoms with Gasteiger partial charge in [-0.1, -0.05) is 12.5 Å². The first-order chi connectivity index (χ1) is 13.9. The Balaban J connectivity index is 0.00000320. The van der Waals surface area contributed by atoms with E-state index in [4.69, 9.17) is 0 Å². The highest BCUT2D eigenvalue weighted by Gasteiger charge is 2.31. The number of piperidine rings is 1. The fourth-order valence-corrected chi connectivity index (χ4v) is 4.38. The molecule has 2 aromatic rings. The van der Waals surface area contributed by atoms with E-state index in [2.05, 4.69) is 20.9 Å². The van der Waals surface area contributed by atoms with Crippen LogP contribution in [0.15, 0.2) is 18.2 Å². The van der Waals surface area contributed by atoms with Crippen molar-refractivity contribution in [2.24, 2.45) is 0 Å². The molecule has 1 aromatic heterocycles. The van der Waals surface area contributed by atoms with E-state index in [0.717, 1.165) is 30.7 Å². The maximum Gasteiger partial charge on any atom is 0.313 e. The number of aliphatic hydroxyl groups excluding tert-OH is 1. The third-order valence-corrected chi connectivity index (χ3v) is 6.16. The van der Waals surface area contributed by atoms with Crippen LogP contribution in [-0.2, 0) is 16.2 Å². The molecule has 0 radical (unpaired) electrons. The second-order valence-electron chi connectivity index (χ2n) is 7.16. The molecule has 2 amide bonds. The lowest BCUT2D eigenvalue weighted by atomic mass is 9.98. The monoisotopic (exact) mass is 456 g/mol. The van der Waals surface area contributed by atoms with Crippen LogP contribution in [0.3, 0.4) is 0 Å². The summed E-state index contributed by atoms with van der Waals surface area (Å²) in [6, 6.07) is 3.78. The summed E-state index contributed by atoms with van der Waals surface area (Å²) in [5, 5.41) is 18.5. The molecule has 1 aliphatic rings. The maximum atomic E-state index is 14.0. The van der Waals surface area contributed by atoms with Gasteiger partial charge in [0.2, 0.25) is 0 Å². The molecule has 0 aliphatic carbocycles. The number of hydrogen-bond acceptors (Lipinski definition) is 6. The predicted octanol–water partition coefficient (Wildman–Crippen LogP) is 2.75. The average molecular weight is 457 g/mol. The second-order valence-corrected chi connectivity index (χ2v) is 8.28. The van der Waals surface area contributed by atoms with Crippen LogP contribution in [0.1, 0.15) is 46.4 Å². The molecule has 1 fully saturated rings. The van der Waals surface area contributed by atoms with E-state index in [9.17, 15) is 19.1 Å². The van der Waals surface area contributed by atoms with Crippen LogP contribution in [0, 0.1) is 19.7 Å². The largest absolute Gasteiger partial charge is 0.391 e. The molecular formula is C20H26ClFN4O3S. The third-order valence-electron chi connectivity index (χ3n) is 4.94. The Bertz CT molecular complexity index is 902. The Hall–Kier alpha value is -2.07. The Kier molecular flexibility index (Phi) is 8.72. The zero-order valence-corrected chi connectivity index (χ0v) is 18.5. The molecule has 0 saturated carbocycles. The van der Waals surface area contributed by atoms with Gasteiger partial charge in [-0.2, -0.15) is 0 Å². The minimum atomic E-state index is -0.941. The topological polar surface area (TPSA) is 103 Å². The van der Waals surface area contributed by atoms with E-state index in [1.54, 1.807) is 19.9 Å². The van der Waals surface area contributed by atoms with E-state index >= 15 is 0 Å². The maximum absolute atomic E-state index is 14.0. The Morgan fingerprint density at radius 2 is 2.10 bits per heavy atom. The first-order valence-corrected chi connectivity index (χ1v) is 10.4. The third kappa shape index (κ3) is 5.75. The van der Waals surface area contributed by atoms with Crippen LogP contribution < -0.4 is 16.0 Å². The van der Waals surface area contributed by atoms with Crippen molar-refractivity contribution in [2.45, 2.75) is 51.8 Å². The highest BCUT2D eigenvalue weighted by molar-refractivity contribution is 7.11. The number of benzene rings is 1. The Labute approximate surface area is 184 Å². The van der Waals surface area contributed by atoms with Crippen molar-refractivity contribution in [1.29, 1.82) is 0 Å². The zero-order chi connectivity index (χ0) is 21.0. The van der Waals surface area contributed by atoms with Crippen molar-refractivity contribution in [2.75, 3.05) is 11.9 Å². The van der Waals surface area contributed by atoms with Crippen molar-refractivity contribution in [3.8, 4) is 0 Å². The number of thiazole rings is 1. The smallest absolute Gasteiger partial charge is 0.313 e. The van der Waals surface area contributed by atoms with Gasteiger partial charge < -0.3 is 21.1 Å². The van der Waals surface area contributed by atoms with Crippen molar-refractivity contribution < 1.29 is 19.1 Å². The number of aliphatic hydroxyl groups is 1. The number of carbonyl (C=O) groups is 2. The lowest BCUT2D eigenvalue weighted by Crippen LogP contribution is -2.48. The van der Waals surface area contributed by atoms with Gasteiger partial charge in [-0.25, -0.2) is 9.37 Å². The van der Waals surface area contributed by atoms with Crippen LogP contribution in [0.2, 0.25) is 0 Å². The molecule has 1 aliphatic heterocycles. The highest BCUT2D eigenvalue weighted by atomic mass is 35.5. The number of rotatable bonds is 5. The van der Waals surface area contributed by atoms with E-state index < -0.39 is 23.7 Å². The molecule has 1 aromatic carbocycles. The van der Waals surface area contributed by atoms with Gasteiger partial charge in [0.1, 0.15) is 10.8 Å². The summed E-state index contributed by atoms with van der Waals surface area (Å²) < 4.78 is 14.0. The molecule has 164 valence electrons. The lowest BCUT2D eigenvalue weighted by molar-refractivity contribution is -0.136. The van der Waals surface area contributed by atoms with Gasteiger partial charge >= 0.3 is 11.8 Å². The number of nitrogens with zero attached hydrogens (tertiary/aromatic N) is 1. The summed E-state index contributed by atoms with van der Waals surface area (Å²) in [4.78, 5) is 30.1. The summed E-state index contributed by atoms with van der Waals surface area (Å²) >= 11 is 1.32. The molecular weight excluding hydrogens is 431 g/mol. The summed E-state index contributed by atoms with van der Waals surface area (Å²) in [6.07, 6.45) is 2.87.